The number of amidine groups is 1. The molecular weight excluding hydrogens is 416 g/mol. The predicted molar refractivity (Wildman–Crippen MR) is 126 cm³/mol. The average Bonchev–Trinajstić information content (AvgIpc) is 3.10. The summed E-state index contributed by atoms with van der Waals surface area (Å²) < 4.78 is 19.9. The highest BCUT2D eigenvalue weighted by atomic mass is 32.4. The zero-order valence-corrected chi connectivity index (χ0v) is 19.3. The smallest absolute Gasteiger partial charge is 0.169 e. The topological polar surface area (TPSA) is 36.7 Å². The first kappa shape index (κ1) is 20.9. The Morgan fingerprint density at radius 3 is 2.27 bits per heavy atom. The molecule has 0 spiro atoms. The van der Waals surface area contributed by atoms with E-state index in [9.17, 15) is 4.39 Å². The maximum Gasteiger partial charge on any atom is 0.169 e. The largest absolute Gasteiger partial charge is 0.316 e. The number of hydrogen-bond acceptors (Lipinski definition) is 3. The van der Waals surface area contributed by atoms with Gasteiger partial charge in [-0.05, 0) is 43.3 Å². The molecule has 1 aromatic heterocycles. The number of rotatable bonds is 5. The van der Waals surface area contributed by atoms with Gasteiger partial charge in [-0.3, -0.25) is 4.67 Å². The minimum absolute atomic E-state index is 0.271. The van der Waals surface area contributed by atoms with Crippen LogP contribution in [0, 0.1) is 12.7 Å². The van der Waals surface area contributed by atoms with Crippen molar-refractivity contribution in [1.82, 2.24) is 19.1 Å². The molecule has 1 atom stereocenters. The van der Waals surface area contributed by atoms with Crippen LogP contribution in [0.1, 0.15) is 25.1 Å². The number of hydrogen-bond donors (Lipinski definition) is 0. The van der Waals surface area contributed by atoms with Crippen molar-refractivity contribution in [2.75, 3.05) is 20.1 Å². The van der Waals surface area contributed by atoms with Gasteiger partial charge in [-0.1, -0.05) is 43.9 Å². The lowest BCUT2D eigenvalue weighted by Crippen LogP contribution is -2.41. The second-order valence-corrected chi connectivity index (χ2v) is 11.4. The van der Waals surface area contributed by atoms with Crippen LogP contribution in [0.4, 0.5) is 10.2 Å². The lowest BCUT2D eigenvalue weighted by molar-refractivity contribution is 0.487. The zero-order chi connectivity index (χ0) is 21.5. The molecule has 156 valence electrons. The Labute approximate surface area is 182 Å². The van der Waals surface area contributed by atoms with Gasteiger partial charge >= 0.3 is 0 Å². The van der Waals surface area contributed by atoms with Crippen LogP contribution in [0.3, 0.4) is 0 Å². The van der Waals surface area contributed by atoms with Crippen LogP contribution in [0.25, 0.3) is 5.69 Å². The molecule has 0 saturated heterocycles. The third-order valence-corrected chi connectivity index (χ3v) is 10.9. The molecule has 0 N–H and O–H groups in total. The van der Waals surface area contributed by atoms with Gasteiger partial charge in [0.25, 0.3) is 0 Å². The summed E-state index contributed by atoms with van der Waals surface area (Å²) in [7, 11) is 2.00. The molecule has 0 aliphatic carbocycles. The summed E-state index contributed by atoms with van der Waals surface area (Å²) in [6, 6.07) is 16.4. The van der Waals surface area contributed by atoms with E-state index >= 15 is 0 Å². The fourth-order valence-electron chi connectivity index (χ4n) is 3.94. The lowest BCUT2D eigenvalue weighted by Gasteiger charge is -2.43. The van der Waals surface area contributed by atoms with Crippen LogP contribution in [0.5, 0.6) is 0 Å². The summed E-state index contributed by atoms with van der Waals surface area (Å²) in [6.07, 6.45) is -2.38. The standard InChI is InChI=1S/C22H25FN5PS/c1-5-27(6-2)29(30)20-16(3)25-28(19-10-8-7-9-11-19)22(20)24-21(26(29)4)17-12-14-18(23)15-13-17/h7-15H,5-6H2,1-4H3/t29-/m0/s1. The molecule has 0 saturated carbocycles. The number of para-hydroxylation sites is 1. The number of fused-ring (bicyclic) bond motifs is 1. The quantitative estimate of drug-likeness (QED) is 0.542. The molecule has 8 heteroatoms. The SMILES string of the molecule is CCN(CC)[P@]1(=S)c2c(C)nn(-c3ccccc3)c2N=C(c2ccc(F)cc2)N1C. The molecule has 0 unspecified atom stereocenters. The molecular formula is C22H25FN5PS. The van der Waals surface area contributed by atoms with Gasteiger partial charge in [0.05, 0.1) is 16.7 Å². The van der Waals surface area contributed by atoms with Gasteiger partial charge < -0.3 is 4.67 Å². The molecule has 0 fully saturated rings. The van der Waals surface area contributed by atoms with Crippen molar-refractivity contribution in [2.24, 2.45) is 4.99 Å². The van der Waals surface area contributed by atoms with Crippen molar-refractivity contribution in [3.8, 4) is 5.69 Å². The Kier molecular flexibility index (Phi) is 5.62. The van der Waals surface area contributed by atoms with E-state index in [-0.39, 0.29) is 5.82 Å². The van der Waals surface area contributed by atoms with Crippen LogP contribution in [-0.2, 0) is 11.8 Å². The number of aromatic nitrogens is 2. The summed E-state index contributed by atoms with van der Waals surface area (Å²) in [4.78, 5) is 5.02. The minimum Gasteiger partial charge on any atom is -0.316 e. The number of aliphatic imine (C=N–C) groups is 1. The number of halogens is 1. The third-order valence-electron chi connectivity index (χ3n) is 5.44. The van der Waals surface area contributed by atoms with Crippen LogP contribution >= 0.6 is 6.34 Å². The molecule has 3 aromatic rings. The van der Waals surface area contributed by atoms with Gasteiger partial charge in [0.1, 0.15) is 18.0 Å². The Hall–Kier alpha value is -2.34. The molecule has 0 bridgehead atoms. The van der Waals surface area contributed by atoms with E-state index in [1.165, 1.54) is 12.1 Å². The van der Waals surface area contributed by atoms with E-state index < -0.39 is 6.34 Å². The van der Waals surface area contributed by atoms with Gasteiger partial charge in [0.15, 0.2) is 5.82 Å². The van der Waals surface area contributed by atoms with Gasteiger partial charge in [-0.25, -0.2) is 14.1 Å². The van der Waals surface area contributed by atoms with Crippen LogP contribution < -0.4 is 5.30 Å². The summed E-state index contributed by atoms with van der Waals surface area (Å²) >= 11 is 6.46. The summed E-state index contributed by atoms with van der Waals surface area (Å²) in [5.41, 5.74) is 2.68. The molecule has 5 nitrogen and oxygen atoms in total. The first-order valence-corrected chi connectivity index (χ1v) is 12.7. The molecule has 1 aliphatic rings. The predicted octanol–water partition coefficient (Wildman–Crippen LogP) is 4.62. The van der Waals surface area contributed by atoms with Crippen molar-refractivity contribution in [2.45, 2.75) is 20.8 Å². The fourth-order valence-corrected chi connectivity index (χ4v) is 8.52. The second-order valence-electron chi connectivity index (χ2n) is 7.15. The number of benzene rings is 2. The first-order chi connectivity index (χ1) is 14.4. The maximum atomic E-state index is 13.6. The summed E-state index contributed by atoms with van der Waals surface area (Å²) in [6.45, 7) is 7.92. The Bertz CT molecular complexity index is 1140. The van der Waals surface area contributed by atoms with Crippen LogP contribution in [0.15, 0.2) is 59.6 Å². The third kappa shape index (κ3) is 3.22. The lowest BCUT2D eigenvalue weighted by atomic mass is 10.2. The van der Waals surface area contributed by atoms with E-state index in [0.717, 1.165) is 47.0 Å². The van der Waals surface area contributed by atoms with Crippen LogP contribution in [0.2, 0.25) is 0 Å². The van der Waals surface area contributed by atoms with Crippen LogP contribution in [-0.4, -0.2) is 45.1 Å². The van der Waals surface area contributed by atoms with E-state index in [1.54, 1.807) is 12.1 Å². The zero-order valence-electron chi connectivity index (χ0n) is 17.6. The molecule has 0 amide bonds. The average molecular weight is 442 g/mol. The molecule has 4 rings (SSSR count). The van der Waals surface area contributed by atoms with Crippen molar-refractivity contribution >= 4 is 35.1 Å². The maximum absolute atomic E-state index is 13.6. The highest BCUT2D eigenvalue weighted by molar-refractivity contribution is 8.16. The monoisotopic (exact) mass is 441 g/mol. The second kappa shape index (κ2) is 8.06. The van der Waals surface area contributed by atoms with Crippen molar-refractivity contribution in [3.05, 3.63) is 71.7 Å². The summed E-state index contributed by atoms with van der Waals surface area (Å²) in [5, 5.41) is 5.87. The normalized spacial score (nSPS) is 18.5. The van der Waals surface area contributed by atoms with Gasteiger partial charge in [-0.15, -0.1) is 0 Å². The van der Waals surface area contributed by atoms with E-state index in [2.05, 4.69) is 23.2 Å². The van der Waals surface area contributed by atoms with Crippen molar-refractivity contribution in [3.63, 3.8) is 0 Å². The highest BCUT2D eigenvalue weighted by Crippen LogP contribution is 2.57. The van der Waals surface area contributed by atoms with Gasteiger partial charge in [-0.2, -0.15) is 5.10 Å². The van der Waals surface area contributed by atoms with E-state index in [4.69, 9.17) is 21.9 Å². The number of nitrogens with zero attached hydrogens (tertiary/aromatic N) is 5. The minimum atomic E-state index is -2.38. The number of aryl methyl sites for hydroxylation is 1. The Morgan fingerprint density at radius 2 is 1.67 bits per heavy atom. The Balaban J connectivity index is 2.03. The van der Waals surface area contributed by atoms with Crippen molar-refractivity contribution in [1.29, 1.82) is 0 Å². The molecule has 1 aliphatic heterocycles. The molecule has 30 heavy (non-hydrogen) atoms. The van der Waals surface area contributed by atoms with Crippen molar-refractivity contribution < 1.29 is 4.39 Å². The van der Waals surface area contributed by atoms with Gasteiger partial charge in [0.2, 0.25) is 0 Å². The molecule has 2 heterocycles. The van der Waals surface area contributed by atoms with E-state index in [0.29, 0.717) is 0 Å². The fraction of sp³-hybridized carbons (Fsp3) is 0.273. The van der Waals surface area contributed by atoms with E-state index in [1.807, 2.05) is 49.0 Å². The molecule has 0 radical (unpaired) electrons. The Morgan fingerprint density at radius 1 is 1.03 bits per heavy atom. The first-order valence-electron chi connectivity index (χ1n) is 10.0. The highest BCUT2D eigenvalue weighted by Gasteiger charge is 2.42. The summed E-state index contributed by atoms with van der Waals surface area (Å²) in [5.74, 6) is 1.24. The van der Waals surface area contributed by atoms with Gasteiger partial charge in [0, 0.05) is 25.7 Å². The molecule has 2 aromatic carbocycles.